The van der Waals surface area contributed by atoms with Crippen LogP contribution in [0.3, 0.4) is 0 Å². The zero-order valence-electron chi connectivity index (χ0n) is 9.37. The molecule has 0 amide bonds. The molecule has 0 aromatic heterocycles. The standard InChI is InChI=1S/C9H19FO3S/c1-6-9(10,8(4)7(2)3)14(11,12)13-5/h7-8H,6H2,1-5H3. The van der Waals surface area contributed by atoms with Crippen LogP contribution in [0, 0.1) is 11.8 Å². The lowest BCUT2D eigenvalue weighted by molar-refractivity contribution is 0.125. The fourth-order valence-electron chi connectivity index (χ4n) is 1.36. The highest BCUT2D eigenvalue weighted by Crippen LogP contribution is 2.37. The Bertz CT molecular complexity index is 274. The molecule has 2 unspecified atom stereocenters. The third-order valence-corrected chi connectivity index (χ3v) is 4.73. The molecule has 0 N–H and O–H groups in total. The molecule has 3 nitrogen and oxygen atoms in total. The summed E-state index contributed by atoms with van der Waals surface area (Å²) in [6.07, 6.45) is -0.0947. The molecule has 0 saturated carbocycles. The van der Waals surface area contributed by atoms with Crippen LogP contribution in [0.5, 0.6) is 0 Å². The van der Waals surface area contributed by atoms with Crippen LogP contribution in [0.2, 0.25) is 0 Å². The van der Waals surface area contributed by atoms with E-state index in [0.29, 0.717) is 0 Å². The van der Waals surface area contributed by atoms with Crippen molar-refractivity contribution in [1.82, 2.24) is 0 Å². The topological polar surface area (TPSA) is 43.4 Å². The second-order valence-corrected chi connectivity index (χ2v) is 5.71. The average Bonchev–Trinajstić information content (AvgIpc) is 2.14. The highest BCUT2D eigenvalue weighted by molar-refractivity contribution is 7.88. The van der Waals surface area contributed by atoms with Crippen LogP contribution in [-0.4, -0.2) is 20.5 Å². The van der Waals surface area contributed by atoms with Crippen molar-refractivity contribution in [2.45, 2.75) is 39.1 Å². The van der Waals surface area contributed by atoms with Gasteiger partial charge in [0.1, 0.15) is 0 Å². The number of rotatable bonds is 5. The number of hydrogen-bond acceptors (Lipinski definition) is 3. The maximum absolute atomic E-state index is 14.2. The van der Waals surface area contributed by atoms with Gasteiger partial charge in [0.2, 0.25) is 5.00 Å². The van der Waals surface area contributed by atoms with Crippen LogP contribution in [0.25, 0.3) is 0 Å². The van der Waals surface area contributed by atoms with Crippen LogP contribution in [-0.2, 0) is 14.3 Å². The average molecular weight is 226 g/mol. The summed E-state index contributed by atoms with van der Waals surface area (Å²) in [6.45, 7) is 6.68. The second kappa shape index (κ2) is 4.57. The number of alkyl halides is 1. The molecule has 0 rings (SSSR count). The van der Waals surface area contributed by atoms with Gasteiger partial charge in [0, 0.05) is 5.92 Å². The van der Waals surface area contributed by atoms with Gasteiger partial charge in [0.05, 0.1) is 7.11 Å². The van der Waals surface area contributed by atoms with Crippen molar-refractivity contribution in [3.8, 4) is 0 Å². The van der Waals surface area contributed by atoms with E-state index in [1.54, 1.807) is 20.8 Å². The lowest BCUT2D eigenvalue weighted by Crippen LogP contribution is -2.42. The molecule has 0 bridgehead atoms. The van der Waals surface area contributed by atoms with Gasteiger partial charge < -0.3 is 0 Å². The normalized spacial score (nSPS) is 19.4. The molecule has 0 heterocycles. The second-order valence-electron chi connectivity index (χ2n) is 3.79. The van der Waals surface area contributed by atoms with E-state index in [9.17, 15) is 12.8 Å². The molecule has 0 aromatic carbocycles. The molecule has 86 valence electrons. The number of hydrogen-bond donors (Lipinski definition) is 0. The van der Waals surface area contributed by atoms with E-state index in [1.807, 2.05) is 0 Å². The molecule has 14 heavy (non-hydrogen) atoms. The molecule has 0 fully saturated rings. The highest BCUT2D eigenvalue weighted by Gasteiger charge is 2.49. The molecule has 0 aromatic rings. The molecule has 0 aliphatic carbocycles. The highest BCUT2D eigenvalue weighted by atomic mass is 32.2. The summed E-state index contributed by atoms with van der Waals surface area (Å²) in [7, 11) is -3.13. The Morgan fingerprint density at radius 2 is 1.79 bits per heavy atom. The molecular formula is C9H19FO3S. The van der Waals surface area contributed by atoms with Gasteiger partial charge in [-0.1, -0.05) is 27.7 Å². The minimum Gasteiger partial charge on any atom is -0.271 e. The maximum atomic E-state index is 14.2. The van der Waals surface area contributed by atoms with Crippen LogP contribution >= 0.6 is 0 Å². The Labute approximate surface area is 85.8 Å². The summed E-state index contributed by atoms with van der Waals surface area (Å²) < 4.78 is 41.3. The molecule has 0 aliphatic rings. The first-order chi connectivity index (χ1) is 6.23. The van der Waals surface area contributed by atoms with E-state index in [0.717, 1.165) is 7.11 Å². The molecule has 0 radical (unpaired) electrons. The van der Waals surface area contributed by atoms with E-state index < -0.39 is 21.0 Å². The fourth-order valence-corrected chi connectivity index (χ4v) is 2.72. The monoisotopic (exact) mass is 226 g/mol. The van der Waals surface area contributed by atoms with Crippen molar-refractivity contribution in [3.05, 3.63) is 0 Å². The van der Waals surface area contributed by atoms with Crippen molar-refractivity contribution < 1.29 is 17.0 Å². The van der Waals surface area contributed by atoms with Crippen LogP contribution in [0.1, 0.15) is 34.1 Å². The lowest BCUT2D eigenvalue weighted by atomic mass is 9.91. The zero-order chi connectivity index (χ0) is 11.6. The van der Waals surface area contributed by atoms with E-state index >= 15 is 0 Å². The van der Waals surface area contributed by atoms with Crippen molar-refractivity contribution in [1.29, 1.82) is 0 Å². The Morgan fingerprint density at radius 3 is 2.00 bits per heavy atom. The van der Waals surface area contributed by atoms with Gasteiger partial charge >= 0.3 is 10.1 Å². The van der Waals surface area contributed by atoms with Gasteiger partial charge in [0.15, 0.2) is 0 Å². The predicted molar refractivity (Wildman–Crippen MR) is 54.1 cm³/mol. The lowest BCUT2D eigenvalue weighted by Gasteiger charge is -2.31. The summed E-state index contributed by atoms with van der Waals surface area (Å²) >= 11 is 0. The quantitative estimate of drug-likeness (QED) is 0.676. The van der Waals surface area contributed by atoms with Crippen molar-refractivity contribution in [3.63, 3.8) is 0 Å². The zero-order valence-corrected chi connectivity index (χ0v) is 10.2. The van der Waals surface area contributed by atoms with Gasteiger partial charge in [-0.3, -0.25) is 4.18 Å². The summed E-state index contributed by atoms with van der Waals surface area (Å²) in [4.78, 5) is 0. The van der Waals surface area contributed by atoms with Gasteiger partial charge in [-0.25, -0.2) is 4.39 Å². The van der Waals surface area contributed by atoms with E-state index in [2.05, 4.69) is 4.18 Å². The van der Waals surface area contributed by atoms with Gasteiger partial charge in [-0.05, 0) is 12.3 Å². The third kappa shape index (κ3) is 2.25. The molecule has 0 saturated heterocycles. The van der Waals surface area contributed by atoms with Crippen LogP contribution < -0.4 is 0 Å². The Kier molecular flexibility index (Phi) is 4.52. The molecule has 0 aliphatic heterocycles. The Morgan fingerprint density at radius 1 is 1.36 bits per heavy atom. The maximum Gasteiger partial charge on any atom is 0.302 e. The van der Waals surface area contributed by atoms with E-state index in [-0.39, 0.29) is 12.3 Å². The molecular weight excluding hydrogens is 207 g/mol. The van der Waals surface area contributed by atoms with Crippen molar-refractivity contribution in [2.75, 3.05) is 7.11 Å². The SMILES string of the molecule is CCC(F)(C(C)C(C)C)S(=O)(=O)OC. The summed E-state index contributed by atoms with van der Waals surface area (Å²) in [5.74, 6) is -0.637. The largest absolute Gasteiger partial charge is 0.302 e. The molecule has 0 spiro atoms. The Hall–Kier alpha value is -0.160. The van der Waals surface area contributed by atoms with Gasteiger partial charge in [-0.2, -0.15) is 8.42 Å². The van der Waals surface area contributed by atoms with Crippen LogP contribution in [0.15, 0.2) is 0 Å². The van der Waals surface area contributed by atoms with E-state index in [1.165, 1.54) is 6.92 Å². The Balaban J connectivity index is 5.19. The van der Waals surface area contributed by atoms with Crippen molar-refractivity contribution >= 4 is 10.1 Å². The first-order valence-electron chi connectivity index (χ1n) is 4.72. The third-order valence-electron chi connectivity index (χ3n) is 2.80. The smallest absolute Gasteiger partial charge is 0.271 e. The molecule has 5 heteroatoms. The summed E-state index contributed by atoms with van der Waals surface area (Å²) in [5, 5.41) is -2.28. The summed E-state index contributed by atoms with van der Waals surface area (Å²) in [6, 6.07) is 0. The first kappa shape index (κ1) is 13.8. The fraction of sp³-hybridized carbons (Fsp3) is 1.00. The van der Waals surface area contributed by atoms with Crippen molar-refractivity contribution in [2.24, 2.45) is 11.8 Å². The molecule has 2 atom stereocenters. The minimum atomic E-state index is -4.12. The summed E-state index contributed by atoms with van der Waals surface area (Å²) in [5.41, 5.74) is 0. The minimum absolute atomic E-state index is 0.0510. The first-order valence-corrected chi connectivity index (χ1v) is 6.12. The van der Waals surface area contributed by atoms with Crippen LogP contribution in [0.4, 0.5) is 4.39 Å². The van der Waals surface area contributed by atoms with Gasteiger partial charge in [0.25, 0.3) is 0 Å². The van der Waals surface area contributed by atoms with E-state index in [4.69, 9.17) is 0 Å². The number of halogens is 1. The van der Waals surface area contributed by atoms with Gasteiger partial charge in [-0.15, -0.1) is 0 Å². The predicted octanol–water partition coefficient (Wildman–Crippen LogP) is 2.33.